The molecule has 1 aromatic carbocycles. The monoisotopic (exact) mass is 275 g/mol. The van der Waals surface area contributed by atoms with Gasteiger partial charge in [0.15, 0.2) is 0 Å². The summed E-state index contributed by atoms with van der Waals surface area (Å²) in [6.07, 6.45) is 3.85. The maximum absolute atomic E-state index is 11.0. The molecular formula is C14H17N3O3. The zero-order chi connectivity index (χ0) is 14.5. The fraction of sp³-hybridized carbons (Fsp3) is 0.357. The largest absolute Gasteiger partial charge is 0.396 e. The molecule has 2 N–H and O–H groups in total. The lowest BCUT2D eigenvalue weighted by molar-refractivity contribution is -0.383. The quantitative estimate of drug-likeness (QED) is 0.625. The lowest BCUT2D eigenvalue weighted by Gasteiger charge is -2.14. The number of aliphatic hydroxyl groups excluding tert-OH is 1. The van der Waals surface area contributed by atoms with Crippen molar-refractivity contribution in [3.63, 3.8) is 0 Å². The van der Waals surface area contributed by atoms with Crippen LogP contribution in [0.2, 0.25) is 0 Å². The average molecular weight is 275 g/mol. The van der Waals surface area contributed by atoms with Crippen molar-refractivity contribution >= 4 is 22.1 Å². The predicted molar refractivity (Wildman–Crippen MR) is 77.8 cm³/mol. The van der Waals surface area contributed by atoms with Crippen LogP contribution in [0.25, 0.3) is 10.8 Å². The average Bonchev–Trinajstić information content (AvgIpc) is 2.44. The molecule has 0 aliphatic heterocycles. The molecule has 2 rings (SSSR count). The van der Waals surface area contributed by atoms with Crippen LogP contribution in [0.1, 0.15) is 13.3 Å². The molecule has 0 fully saturated rings. The molecule has 2 aromatic rings. The Morgan fingerprint density at radius 3 is 2.90 bits per heavy atom. The highest BCUT2D eigenvalue weighted by atomic mass is 16.6. The number of benzene rings is 1. The number of aromatic nitrogens is 1. The first-order valence-electron chi connectivity index (χ1n) is 6.49. The zero-order valence-electron chi connectivity index (χ0n) is 11.2. The van der Waals surface area contributed by atoms with E-state index in [0.717, 1.165) is 17.5 Å². The number of rotatable bonds is 6. The third-order valence-corrected chi connectivity index (χ3v) is 3.25. The van der Waals surface area contributed by atoms with Gasteiger partial charge in [-0.1, -0.05) is 6.92 Å². The molecule has 0 saturated carbocycles. The molecule has 1 heterocycles. The summed E-state index contributed by atoms with van der Waals surface area (Å²) in [5.41, 5.74) is 0.903. The summed E-state index contributed by atoms with van der Waals surface area (Å²) in [5.74, 6) is 0.326. The van der Waals surface area contributed by atoms with Crippen molar-refractivity contribution in [2.75, 3.05) is 18.5 Å². The van der Waals surface area contributed by atoms with Crippen molar-refractivity contribution in [3.05, 3.63) is 40.7 Å². The number of non-ortho nitro benzene ring substituents is 1. The first-order chi connectivity index (χ1) is 9.63. The lowest BCUT2D eigenvalue weighted by atomic mass is 10.1. The fourth-order valence-electron chi connectivity index (χ4n) is 2.10. The Morgan fingerprint density at radius 2 is 2.20 bits per heavy atom. The number of fused-ring (bicyclic) bond motifs is 1. The minimum atomic E-state index is -0.401. The van der Waals surface area contributed by atoms with E-state index in [1.54, 1.807) is 18.3 Å². The molecule has 1 atom stereocenters. The van der Waals surface area contributed by atoms with Gasteiger partial charge in [-0.05, 0) is 24.5 Å². The van der Waals surface area contributed by atoms with E-state index in [1.807, 2.05) is 6.92 Å². The molecule has 0 saturated heterocycles. The highest BCUT2D eigenvalue weighted by Gasteiger charge is 2.14. The van der Waals surface area contributed by atoms with Crippen LogP contribution in [-0.4, -0.2) is 28.2 Å². The Balaban J connectivity index is 2.31. The van der Waals surface area contributed by atoms with Crippen molar-refractivity contribution in [2.24, 2.45) is 5.92 Å². The molecule has 0 aliphatic rings. The Kier molecular flexibility index (Phi) is 4.47. The maximum atomic E-state index is 11.0. The number of pyridine rings is 1. The third kappa shape index (κ3) is 3.03. The van der Waals surface area contributed by atoms with Crippen LogP contribution < -0.4 is 5.32 Å². The van der Waals surface area contributed by atoms with Gasteiger partial charge < -0.3 is 10.4 Å². The van der Waals surface area contributed by atoms with Gasteiger partial charge in [-0.3, -0.25) is 15.1 Å². The molecule has 6 heteroatoms. The maximum Gasteiger partial charge on any atom is 0.278 e. The van der Waals surface area contributed by atoms with Gasteiger partial charge in [-0.15, -0.1) is 0 Å². The van der Waals surface area contributed by atoms with Crippen molar-refractivity contribution < 1.29 is 10.0 Å². The molecular weight excluding hydrogens is 258 g/mol. The molecule has 0 radical (unpaired) electrons. The van der Waals surface area contributed by atoms with Crippen LogP contribution in [-0.2, 0) is 0 Å². The third-order valence-electron chi connectivity index (χ3n) is 3.25. The van der Waals surface area contributed by atoms with Crippen LogP contribution in [0.15, 0.2) is 30.6 Å². The van der Waals surface area contributed by atoms with Crippen molar-refractivity contribution in [3.8, 4) is 0 Å². The summed E-state index contributed by atoms with van der Waals surface area (Å²) in [6, 6.07) is 4.97. The number of aliphatic hydroxyl groups is 1. The van der Waals surface area contributed by atoms with E-state index in [-0.39, 0.29) is 12.3 Å². The second-order valence-electron chi connectivity index (χ2n) is 4.81. The SMILES string of the molecule is CC(CCO)CNc1ccc([N+](=O)[O-])c2cnccc12. The van der Waals surface area contributed by atoms with E-state index in [2.05, 4.69) is 10.3 Å². The predicted octanol–water partition coefficient (Wildman–Crippen LogP) is 2.57. The molecule has 20 heavy (non-hydrogen) atoms. The highest BCUT2D eigenvalue weighted by Crippen LogP contribution is 2.30. The number of hydrogen-bond donors (Lipinski definition) is 2. The smallest absolute Gasteiger partial charge is 0.278 e. The van der Waals surface area contributed by atoms with Gasteiger partial charge in [0.1, 0.15) is 0 Å². The van der Waals surface area contributed by atoms with Crippen LogP contribution in [0.3, 0.4) is 0 Å². The van der Waals surface area contributed by atoms with Gasteiger partial charge in [0, 0.05) is 42.7 Å². The van der Waals surface area contributed by atoms with Crippen LogP contribution in [0, 0.1) is 16.0 Å². The number of anilines is 1. The van der Waals surface area contributed by atoms with Gasteiger partial charge in [-0.25, -0.2) is 0 Å². The van der Waals surface area contributed by atoms with Crippen LogP contribution in [0.5, 0.6) is 0 Å². The van der Waals surface area contributed by atoms with E-state index in [0.29, 0.717) is 17.8 Å². The van der Waals surface area contributed by atoms with Crippen molar-refractivity contribution in [2.45, 2.75) is 13.3 Å². The summed E-state index contributed by atoms with van der Waals surface area (Å²) in [6.45, 7) is 2.90. The Morgan fingerprint density at radius 1 is 1.40 bits per heavy atom. The number of nitro groups is 1. The fourth-order valence-corrected chi connectivity index (χ4v) is 2.10. The molecule has 6 nitrogen and oxygen atoms in total. The van der Waals surface area contributed by atoms with E-state index in [1.165, 1.54) is 12.3 Å². The second kappa shape index (κ2) is 6.29. The molecule has 106 valence electrons. The molecule has 1 unspecified atom stereocenters. The minimum absolute atomic E-state index is 0.0575. The molecule has 1 aromatic heterocycles. The number of nitro benzene ring substituents is 1. The standard InChI is InChI=1S/C14H17N3O3/c1-10(5-7-18)8-16-13-2-3-14(17(19)20)12-9-15-6-4-11(12)13/h2-4,6,9-10,16,18H,5,7-8H2,1H3. The summed E-state index contributed by atoms with van der Waals surface area (Å²) in [5, 5.41) is 24.5. The Bertz CT molecular complexity index is 616. The van der Waals surface area contributed by atoms with Gasteiger partial charge in [0.25, 0.3) is 5.69 Å². The van der Waals surface area contributed by atoms with Crippen molar-refractivity contribution in [1.29, 1.82) is 0 Å². The Hall–Kier alpha value is -2.21. The van der Waals surface area contributed by atoms with Crippen molar-refractivity contribution in [1.82, 2.24) is 4.98 Å². The first-order valence-corrected chi connectivity index (χ1v) is 6.49. The van der Waals surface area contributed by atoms with E-state index in [9.17, 15) is 10.1 Å². The summed E-state index contributed by atoms with van der Waals surface area (Å²) < 4.78 is 0. The number of nitrogens with zero attached hydrogens (tertiary/aromatic N) is 2. The van der Waals surface area contributed by atoms with Gasteiger partial charge in [-0.2, -0.15) is 0 Å². The molecule has 0 aliphatic carbocycles. The molecule has 0 amide bonds. The normalized spacial score (nSPS) is 12.3. The summed E-state index contributed by atoms with van der Waals surface area (Å²) in [7, 11) is 0. The van der Waals surface area contributed by atoms with E-state index >= 15 is 0 Å². The topological polar surface area (TPSA) is 88.3 Å². The lowest BCUT2D eigenvalue weighted by Crippen LogP contribution is -2.12. The second-order valence-corrected chi connectivity index (χ2v) is 4.81. The molecule has 0 spiro atoms. The summed E-state index contributed by atoms with van der Waals surface area (Å²) in [4.78, 5) is 14.6. The minimum Gasteiger partial charge on any atom is -0.396 e. The number of nitrogens with one attached hydrogen (secondary N) is 1. The zero-order valence-corrected chi connectivity index (χ0v) is 11.2. The van der Waals surface area contributed by atoms with Crippen LogP contribution in [0.4, 0.5) is 11.4 Å². The first kappa shape index (κ1) is 14.2. The number of hydrogen-bond acceptors (Lipinski definition) is 5. The van der Waals surface area contributed by atoms with Crippen LogP contribution >= 0.6 is 0 Å². The van der Waals surface area contributed by atoms with Gasteiger partial charge in [0.2, 0.25) is 0 Å². The molecule has 0 bridgehead atoms. The summed E-state index contributed by atoms with van der Waals surface area (Å²) >= 11 is 0. The van der Waals surface area contributed by atoms with Gasteiger partial charge >= 0.3 is 0 Å². The van der Waals surface area contributed by atoms with Gasteiger partial charge in [0.05, 0.1) is 10.3 Å². The Labute approximate surface area is 116 Å². The van der Waals surface area contributed by atoms with E-state index in [4.69, 9.17) is 5.11 Å². The van der Waals surface area contributed by atoms with E-state index < -0.39 is 4.92 Å². The highest BCUT2D eigenvalue weighted by molar-refractivity contribution is 5.99.